The van der Waals surface area contributed by atoms with Gasteiger partial charge in [-0.15, -0.1) is 58.6 Å². The average molecular weight is 2520 g/mol. The molecule has 0 aliphatic rings. The number of aliphatic hydroxyl groups excluding tert-OH is 2. The number of halogens is 7. The first-order valence-electron chi connectivity index (χ1n) is 33.3. The van der Waals surface area contributed by atoms with Crippen LogP contribution in [0.15, 0.2) is 249 Å². The number of rotatable bonds is 11. The fourth-order valence-electron chi connectivity index (χ4n) is 8.71. The quantitative estimate of drug-likeness (QED) is 0.0307. The van der Waals surface area contributed by atoms with Crippen LogP contribution < -0.4 is 4.90 Å². The summed E-state index contributed by atoms with van der Waals surface area (Å²) >= 11 is 0. The van der Waals surface area contributed by atoms with E-state index < -0.39 is 47.6 Å². The third-order valence-electron chi connectivity index (χ3n) is 13.7. The molecule has 120 heavy (non-hydrogen) atoms. The van der Waals surface area contributed by atoms with E-state index in [0.29, 0.717) is 33.9 Å². The van der Waals surface area contributed by atoms with E-state index in [-0.39, 0.29) is 163 Å². The topological polar surface area (TPSA) is 335 Å². The number of ketones is 2. The number of alkyl halides is 3. The third kappa shape index (κ3) is 39.4. The van der Waals surface area contributed by atoms with Gasteiger partial charge in [0.15, 0.2) is 17.3 Å². The summed E-state index contributed by atoms with van der Waals surface area (Å²) in [7, 11) is 3.85. The zero-order valence-electron chi connectivity index (χ0n) is 64.0. The molecule has 23 nitrogen and oxygen atoms in total. The second kappa shape index (κ2) is 57.1. The number of carbonyl (C=O) groups excluding carboxylic acids is 2. The van der Waals surface area contributed by atoms with Crippen molar-refractivity contribution in [2.24, 2.45) is 0 Å². The van der Waals surface area contributed by atoms with Crippen LogP contribution in [0.5, 0.6) is 0 Å². The maximum Gasteiger partial charge on any atom is 0.397 e. The van der Waals surface area contributed by atoms with Gasteiger partial charge in [0.1, 0.15) is 35.2 Å². The standard InChI is InChI=1S/C16H11N2.C14H10N5.C13H10F3N2.2C10H5F2N2.2C6H5NO2.2C5H8O2.5Ir/c1-2-5-13(6-3-1)14-8-10-18-16(11-14)15-7-4-9-17-12-15;1-16-14-12(5-4-10(9-15)18-14)13-8-11(19(2)3)6-7-17-13;1-8-5-6-17-11(7-8)10-3-4-12(13(14,15)16)18-9(10)2;2*11-9-5-4-7(10(12)14-9)8-3-1-2-6-13-8;2*8-6(9)5-3-1-2-4-7-5;2*1-4(6)3-5(2)7;;;;;/h1-6,8-12H;4,6-8H,2-3H3;4-7H,1-2H3;2*1-3,5-6H;2*1-4H,(H,8,9);2*3,6H,1-2H3;;;;;/q5*-1;;;;;;;;;. The number of aromatic nitrogens is 12. The van der Waals surface area contributed by atoms with Gasteiger partial charge in [-0.05, 0) is 140 Å². The molecule has 0 atom stereocenters. The van der Waals surface area contributed by atoms with Gasteiger partial charge >= 0.3 is 23.9 Å². The number of aliphatic hydroxyl groups is 2. The summed E-state index contributed by atoms with van der Waals surface area (Å²) < 4.78 is 88.6. The first-order valence-corrected chi connectivity index (χ1v) is 33.3. The average Bonchev–Trinajstić information content (AvgIpc) is 0.794. The summed E-state index contributed by atoms with van der Waals surface area (Å²) in [4.78, 5) is 91.0. The molecule has 13 aromatic rings. The fraction of sp³-hybridized carbons (Fsp3) is 0.106. The van der Waals surface area contributed by atoms with Gasteiger partial charge in [-0.3, -0.25) is 19.6 Å². The molecule has 0 aliphatic carbocycles. The molecule has 0 fully saturated rings. The first-order chi connectivity index (χ1) is 54.9. The molecular weight excluding hydrogens is 2450 g/mol. The molecule has 12 aromatic heterocycles. The molecule has 629 valence electrons. The van der Waals surface area contributed by atoms with Crippen molar-refractivity contribution in [3.8, 4) is 73.5 Å². The van der Waals surface area contributed by atoms with Crippen molar-refractivity contribution in [3.63, 3.8) is 0 Å². The number of benzene rings is 1. The largest absolute Gasteiger partial charge is 0.512 e. The van der Waals surface area contributed by atoms with Gasteiger partial charge in [-0.25, -0.2) is 37.1 Å². The predicted octanol–water partition coefficient (Wildman–Crippen LogP) is 17.7. The molecule has 12 heterocycles. The molecule has 0 aliphatic heterocycles. The van der Waals surface area contributed by atoms with E-state index in [1.165, 1.54) is 95.3 Å². The van der Waals surface area contributed by atoms with Gasteiger partial charge in [-0.2, -0.15) is 18.4 Å². The number of carbonyl (C=O) groups is 4. The molecule has 0 spiro atoms. The molecule has 13 rings (SSSR count). The zero-order valence-corrected chi connectivity index (χ0v) is 75.9. The molecule has 35 heteroatoms. The predicted molar refractivity (Wildman–Crippen MR) is 413 cm³/mol. The van der Waals surface area contributed by atoms with E-state index in [9.17, 15) is 49.9 Å². The Balaban J connectivity index is 0.00000135. The monoisotopic (exact) mass is 2520 g/mol. The summed E-state index contributed by atoms with van der Waals surface area (Å²) in [6.45, 7) is 16.2. The van der Waals surface area contributed by atoms with E-state index in [2.05, 4.69) is 113 Å². The normalized spacial score (nSPS) is 9.81. The van der Waals surface area contributed by atoms with Crippen LogP contribution in [-0.4, -0.2) is 118 Å². The van der Waals surface area contributed by atoms with Gasteiger partial charge in [0.25, 0.3) is 0 Å². The van der Waals surface area contributed by atoms with Gasteiger partial charge in [0, 0.05) is 176 Å². The van der Waals surface area contributed by atoms with Crippen molar-refractivity contribution in [2.45, 2.75) is 47.7 Å². The summed E-state index contributed by atoms with van der Waals surface area (Å²) in [5.41, 5.74) is 8.89. The molecule has 1 aromatic carbocycles. The molecular formula is C85H67F7Ir5N15O8-5. The van der Waals surface area contributed by atoms with Crippen LogP contribution in [0.1, 0.15) is 71.3 Å². The Bertz CT molecular complexity index is 5270. The number of aryl methyl sites for hydroxylation is 2. The van der Waals surface area contributed by atoms with Gasteiger partial charge < -0.3 is 65.1 Å². The number of carboxylic acids is 2. The maximum absolute atomic E-state index is 13.1. The number of carboxylic acid groups (broad SMARTS) is 2. The zero-order chi connectivity index (χ0) is 84.4. The summed E-state index contributed by atoms with van der Waals surface area (Å²) in [5.74, 6) is -5.54. The van der Waals surface area contributed by atoms with Crippen molar-refractivity contribution in [2.75, 3.05) is 19.0 Å². The van der Waals surface area contributed by atoms with Gasteiger partial charge in [0.05, 0.1) is 23.3 Å². The van der Waals surface area contributed by atoms with E-state index in [1.807, 2.05) is 80.6 Å². The Labute approximate surface area is 753 Å². The number of allylic oxidation sites excluding steroid dienone is 4. The van der Waals surface area contributed by atoms with Crippen LogP contribution in [0, 0.1) is 85.9 Å². The minimum Gasteiger partial charge on any atom is -0.512 e. The van der Waals surface area contributed by atoms with Crippen molar-refractivity contribution in [3.05, 3.63) is 349 Å². The van der Waals surface area contributed by atoms with Crippen LogP contribution in [0.2, 0.25) is 0 Å². The second-order valence-electron chi connectivity index (χ2n) is 23.0. The number of aromatic carboxylic acids is 2. The minimum atomic E-state index is -4.44. The fourth-order valence-corrected chi connectivity index (χ4v) is 8.71. The number of anilines is 1. The van der Waals surface area contributed by atoms with Crippen LogP contribution in [0.4, 0.5) is 42.2 Å². The van der Waals surface area contributed by atoms with E-state index in [4.69, 9.17) is 32.3 Å². The summed E-state index contributed by atoms with van der Waals surface area (Å²) in [5, 5.41) is 42.1. The Hall–Kier alpha value is -12.1. The number of nitriles is 1. The molecule has 5 radical (unpaired) electrons. The van der Waals surface area contributed by atoms with Crippen LogP contribution in [0.3, 0.4) is 0 Å². The van der Waals surface area contributed by atoms with Gasteiger partial charge in [0.2, 0.25) is 0 Å². The van der Waals surface area contributed by atoms with Crippen LogP contribution in [-0.2, 0) is 116 Å². The minimum absolute atomic E-state index is 0. The SMILES string of the molecule is CC(=O)C=C(C)O.CC(=O)C=C(C)O.Cc1ccnc(-c2[c-]cc(C(F)(F)F)nc2C)c1.Fc1c[c-]c(-c2ccccn2)c(F)n1.Fc1c[c-]c(-c2ccccn2)c(F)n1.O=C(O)c1ccccn1.O=C(O)c1ccccn1.[C-]#[N+]c1nc(C#N)c[c-]c1-c1cc(N(C)C)ccn1.[Ir].[Ir].[Ir].[Ir].[Ir].[c-]1ccncc1-c1cc(-c2ccccc2)ccn1. The van der Waals surface area contributed by atoms with Crippen LogP contribution in [0.25, 0.3) is 72.3 Å². The Morgan fingerprint density at radius 1 is 0.483 bits per heavy atom. The van der Waals surface area contributed by atoms with Crippen LogP contribution >= 0.6 is 0 Å². The van der Waals surface area contributed by atoms with E-state index >= 15 is 0 Å². The molecule has 0 saturated carbocycles. The van der Waals surface area contributed by atoms with Crippen molar-refractivity contribution < 1.29 is 171 Å². The van der Waals surface area contributed by atoms with Gasteiger partial charge in [-0.1, -0.05) is 146 Å². The number of nitrogens with zero attached hydrogens (tertiary/aromatic N) is 15. The first kappa shape index (κ1) is 108. The molecule has 4 N–H and O–H groups in total. The van der Waals surface area contributed by atoms with Crippen molar-refractivity contribution >= 4 is 35.0 Å². The summed E-state index contributed by atoms with van der Waals surface area (Å²) in [6, 6.07) is 62.7. The van der Waals surface area contributed by atoms with Crippen molar-refractivity contribution in [1.29, 1.82) is 5.26 Å². The number of hydrogen-bond acceptors (Lipinski definition) is 20. The van der Waals surface area contributed by atoms with Crippen molar-refractivity contribution in [1.82, 2.24) is 59.8 Å². The maximum atomic E-state index is 13.1. The number of pyridine rings is 12. The second-order valence-corrected chi connectivity index (χ2v) is 23.0. The molecule has 0 unspecified atom stereocenters. The molecule has 0 saturated heterocycles. The Morgan fingerprint density at radius 3 is 1.32 bits per heavy atom. The molecule has 0 amide bonds. The Morgan fingerprint density at radius 2 is 0.933 bits per heavy atom. The van der Waals surface area contributed by atoms with E-state index in [0.717, 1.165) is 46.3 Å². The Kier molecular flexibility index (Phi) is 51.4. The third-order valence-corrected chi connectivity index (χ3v) is 13.7. The van der Waals surface area contributed by atoms with E-state index in [1.54, 1.807) is 97.6 Å². The smallest absolute Gasteiger partial charge is 0.397 e. The molecule has 0 bridgehead atoms. The number of hydrogen-bond donors (Lipinski definition) is 4. The summed E-state index contributed by atoms with van der Waals surface area (Å²) in [6.07, 6.45) is 12.4.